The standard InChI is InChI=1S/C32H42ClFN8O4S/c1-35-32(43)38-19-23-4-7-41(8-5-23)22-24-14-29(25-16-26(33)18-27(34)17-25)39-30(15-24)46-28-20-36-31(37-21-28)42-11-9-40(10-12-42)6-3-13-47(2,44)45/h14-18,20-21,23H,3-13,19,22H2,1-2H3,(H2,35,38,43). The van der Waals surface area contributed by atoms with Crippen LogP contribution in [-0.2, 0) is 16.4 Å². The van der Waals surface area contributed by atoms with E-state index in [-0.39, 0.29) is 16.8 Å². The van der Waals surface area contributed by atoms with Crippen LogP contribution in [0.3, 0.4) is 0 Å². The lowest BCUT2D eigenvalue weighted by Crippen LogP contribution is -2.47. The second-order valence-corrected chi connectivity index (χ2v) is 14.9. The number of rotatable bonds is 12. The van der Waals surface area contributed by atoms with Crippen molar-refractivity contribution in [3.05, 3.63) is 59.1 Å². The number of halogens is 2. The van der Waals surface area contributed by atoms with E-state index in [4.69, 9.17) is 16.3 Å². The fourth-order valence-corrected chi connectivity index (χ4v) is 6.73. The number of piperidine rings is 1. The Labute approximate surface area is 280 Å². The van der Waals surface area contributed by atoms with Gasteiger partial charge in [-0.25, -0.2) is 32.6 Å². The van der Waals surface area contributed by atoms with Gasteiger partial charge in [-0.2, -0.15) is 0 Å². The van der Waals surface area contributed by atoms with Crippen LogP contribution in [0, 0.1) is 11.7 Å². The van der Waals surface area contributed by atoms with Gasteiger partial charge < -0.3 is 20.3 Å². The number of hydrogen-bond donors (Lipinski definition) is 2. The fourth-order valence-electron chi connectivity index (χ4n) is 5.85. The maximum absolute atomic E-state index is 14.3. The van der Waals surface area contributed by atoms with Gasteiger partial charge in [0.1, 0.15) is 15.7 Å². The monoisotopic (exact) mass is 688 g/mol. The number of ether oxygens (including phenoxy) is 1. The lowest BCUT2D eigenvalue weighted by atomic mass is 9.96. The summed E-state index contributed by atoms with van der Waals surface area (Å²) in [5.74, 6) is 1.52. The number of nitrogens with zero attached hydrogens (tertiary/aromatic N) is 6. The Bertz CT molecular complexity index is 1600. The van der Waals surface area contributed by atoms with Gasteiger partial charge in [0, 0.05) is 69.2 Å². The molecule has 2 saturated heterocycles. The molecule has 2 aliphatic rings. The van der Waals surface area contributed by atoms with Crippen LogP contribution in [0.1, 0.15) is 24.8 Å². The number of urea groups is 1. The molecule has 0 unspecified atom stereocenters. The number of likely N-dealkylation sites (tertiary alicyclic amines) is 1. The molecular weight excluding hydrogens is 647 g/mol. The Hall–Kier alpha value is -3.59. The number of hydrogen-bond acceptors (Lipinski definition) is 10. The third kappa shape index (κ3) is 10.7. The van der Waals surface area contributed by atoms with Crippen LogP contribution in [0.25, 0.3) is 11.3 Å². The van der Waals surface area contributed by atoms with Crippen molar-refractivity contribution in [1.29, 1.82) is 0 Å². The zero-order chi connectivity index (χ0) is 33.4. The molecule has 2 aliphatic heterocycles. The zero-order valence-corrected chi connectivity index (χ0v) is 28.4. The first-order valence-electron chi connectivity index (χ1n) is 15.8. The quantitative estimate of drug-likeness (QED) is 0.289. The molecule has 2 fully saturated rings. The number of benzene rings is 1. The summed E-state index contributed by atoms with van der Waals surface area (Å²) in [5.41, 5.74) is 2.04. The van der Waals surface area contributed by atoms with Crippen LogP contribution in [0.4, 0.5) is 15.1 Å². The number of aromatic nitrogens is 3. The van der Waals surface area contributed by atoms with E-state index in [1.165, 1.54) is 18.4 Å². The molecule has 254 valence electrons. The highest BCUT2D eigenvalue weighted by molar-refractivity contribution is 7.90. The van der Waals surface area contributed by atoms with Crippen LogP contribution in [0.5, 0.6) is 11.6 Å². The van der Waals surface area contributed by atoms with Gasteiger partial charge in [-0.15, -0.1) is 0 Å². The summed E-state index contributed by atoms with van der Waals surface area (Å²) in [6.07, 6.45) is 7.06. The van der Waals surface area contributed by atoms with Gasteiger partial charge in [0.05, 0.1) is 23.8 Å². The van der Waals surface area contributed by atoms with Crippen molar-refractivity contribution in [3.8, 4) is 22.9 Å². The van der Waals surface area contributed by atoms with Gasteiger partial charge in [0.15, 0.2) is 5.75 Å². The minimum Gasteiger partial charge on any atom is -0.436 e. The third-order valence-electron chi connectivity index (χ3n) is 8.39. The van der Waals surface area contributed by atoms with Gasteiger partial charge in [0.2, 0.25) is 11.8 Å². The highest BCUT2D eigenvalue weighted by atomic mass is 35.5. The molecule has 0 atom stereocenters. The van der Waals surface area contributed by atoms with Crippen molar-refractivity contribution in [3.63, 3.8) is 0 Å². The molecule has 15 heteroatoms. The molecule has 4 heterocycles. The number of carbonyl (C=O) groups is 1. The van der Waals surface area contributed by atoms with Crippen molar-refractivity contribution in [1.82, 2.24) is 35.4 Å². The number of anilines is 1. The summed E-state index contributed by atoms with van der Waals surface area (Å²) in [5, 5.41) is 5.76. The van der Waals surface area contributed by atoms with Crippen molar-refractivity contribution >= 4 is 33.4 Å². The number of sulfone groups is 1. The minimum absolute atomic E-state index is 0.166. The molecule has 12 nitrogen and oxygen atoms in total. The zero-order valence-electron chi connectivity index (χ0n) is 26.8. The first-order chi connectivity index (χ1) is 22.5. The van der Waals surface area contributed by atoms with Crippen LogP contribution >= 0.6 is 11.6 Å². The average molecular weight is 689 g/mol. The number of nitrogens with one attached hydrogen (secondary N) is 2. The van der Waals surface area contributed by atoms with E-state index in [1.54, 1.807) is 25.5 Å². The number of carbonyl (C=O) groups excluding carboxylic acids is 1. The maximum atomic E-state index is 14.3. The van der Waals surface area contributed by atoms with Crippen molar-refractivity contribution < 1.29 is 22.3 Å². The number of pyridine rings is 1. The van der Waals surface area contributed by atoms with Crippen LogP contribution in [0.15, 0.2) is 42.7 Å². The molecule has 47 heavy (non-hydrogen) atoms. The maximum Gasteiger partial charge on any atom is 0.314 e. The smallest absolute Gasteiger partial charge is 0.314 e. The molecular formula is C32H42ClFN8O4S. The first kappa shape index (κ1) is 34.7. The molecule has 0 spiro atoms. The molecule has 1 aromatic carbocycles. The SMILES string of the molecule is CNC(=O)NCC1CCN(Cc2cc(Oc3cnc(N4CCN(CCCS(C)(=O)=O)CC4)nc3)nc(-c3cc(F)cc(Cl)c3)c2)CC1. The van der Waals surface area contributed by atoms with Gasteiger partial charge in [-0.1, -0.05) is 11.6 Å². The highest BCUT2D eigenvalue weighted by Crippen LogP contribution is 2.29. The van der Waals surface area contributed by atoms with E-state index >= 15 is 0 Å². The molecule has 0 radical (unpaired) electrons. The number of piperazine rings is 1. The third-order valence-corrected chi connectivity index (χ3v) is 9.64. The van der Waals surface area contributed by atoms with E-state index in [0.29, 0.717) is 54.3 Å². The number of amides is 2. The summed E-state index contributed by atoms with van der Waals surface area (Å²) < 4.78 is 43.3. The molecule has 5 rings (SSSR count). The molecule has 0 bridgehead atoms. The van der Waals surface area contributed by atoms with Gasteiger partial charge >= 0.3 is 6.03 Å². The van der Waals surface area contributed by atoms with Gasteiger partial charge in [0.25, 0.3) is 0 Å². The summed E-state index contributed by atoms with van der Waals surface area (Å²) in [7, 11) is -1.34. The first-order valence-corrected chi connectivity index (χ1v) is 18.3. The Morgan fingerprint density at radius 1 is 1.02 bits per heavy atom. The van der Waals surface area contributed by atoms with Gasteiger partial charge in [-0.05, 0) is 74.6 Å². The Balaban J connectivity index is 1.23. The van der Waals surface area contributed by atoms with E-state index in [2.05, 4.69) is 40.3 Å². The molecule has 2 amide bonds. The normalized spacial score (nSPS) is 16.6. The Morgan fingerprint density at radius 3 is 2.40 bits per heavy atom. The van der Waals surface area contributed by atoms with Crippen LogP contribution in [-0.4, -0.2) is 111 Å². The van der Waals surface area contributed by atoms with E-state index in [9.17, 15) is 17.6 Å². The predicted octanol–water partition coefficient (Wildman–Crippen LogP) is 3.82. The molecule has 3 aromatic rings. The second kappa shape index (κ2) is 16.0. The largest absolute Gasteiger partial charge is 0.436 e. The van der Waals surface area contributed by atoms with Crippen molar-refractivity contribution in [2.24, 2.45) is 5.92 Å². The van der Waals surface area contributed by atoms with E-state index < -0.39 is 15.7 Å². The molecule has 2 N–H and O–H groups in total. The van der Waals surface area contributed by atoms with Gasteiger partial charge in [-0.3, -0.25) is 9.80 Å². The summed E-state index contributed by atoms with van der Waals surface area (Å²) in [4.78, 5) is 32.0. The lowest BCUT2D eigenvalue weighted by molar-refractivity contribution is 0.175. The summed E-state index contributed by atoms with van der Waals surface area (Å²) in [6, 6.07) is 7.97. The van der Waals surface area contributed by atoms with E-state index in [0.717, 1.165) is 64.2 Å². The lowest BCUT2D eigenvalue weighted by Gasteiger charge is -2.34. The minimum atomic E-state index is -2.95. The molecule has 0 saturated carbocycles. The second-order valence-electron chi connectivity index (χ2n) is 12.2. The Kier molecular flexibility index (Phi) is 11.8. The Morgan fingerprint density at radius 2 is 1.74 bits per heavy atom. The van der Waals surface area contributed by atoms with Crippen molar-refractivity contribution in [2.75, 3.05) is 76.3 Å². The molecule has 2 aromatic heterocycles. The van der Waals surface area contributed by atoms with Crippen LogP contribution in [0.2, 0.25) is 5.02 Å². The summed E-state index contributed by atoms with van der Waals surface area (Å²) >= 11 is 6.18. The predicted molar refractivity (Wildman–Crippen MR) is 180 cm³/mol. The summed E-state index contributed by atoms with van der Waals surface area (Å²) in [6.45, 7) is 6.90. The average Bonchev–Trinajstić information content (AvgIpc) is 3.04. The molecule has 0 aliphatic carbocycles. The van der Waals surface area contributed by atoms with E-state index in [1.807, 2.05) is 12.1 Å². The highest BCUT2D eigenvalue weighted by Gasteiger charge is 2.22. The fraction of sp³-hybridized carbons (Fsp3) is 0.500. The topological polar surface area (TPSA) is 133 Å². The van der Waals surface area contributed by atoms with Crippen LogP contribution < -0.4 is 20.3 Å². The van der Waals surface area contributed by atoms with Crippen molar-refractivity contribution in [2.45, 2.75) is 25.8 Å².